The Morgan fingerprint density at radius 1 is 0.676 bits per heavy atom. The summed E-state index contributed by atoms with van der Waals surface area (Å²) in [4.78, 5) is 46.2. The van der Waals surface area contributed by atoms with Crippen molar-refractivity contribution < 1.29 is 28.9 Å². The van der Waals surface area contributed by atoms with Gasteiger partial charge in [-0.25, -0.2) is 0 Å². The maximum atomic E-state index is 12.6. The van der Waals surface area contributed by atoms with E-state index in [1.54, 1.807) is 0 Å². The van der Waals surface area contributed by atoms with Gasteiger partial charge in [-0.2, -0.15) is 0 Å². The van der Waals surface area contributed by atoms with E-state index >= 15 is 0 Å². The molecule has 0 spiro atoms. The minimum absolute atomic E-state index is 0.0947. The predicted molar refractivity (Wildman–Crippen MR) is 122 cm³/mol. The molecule has 3 rings (SSSR count). The van der Waals surface area contributed by atoms with E-state index in [9.17, 15) is 29.8 Å². The first-order chi connectivity index (χ1) is 16.3. The molecule has 12 nitrogen and oxygen atoms in total. The van der Waals surface area contributed by atoms with E-state index in [0.717, 1.165) is 0 Å². The number of rotatable bonds is 8. The van der Waals surface area contributed by atoms with Crippen molar-refractivity contribution >= 4 is 34.6 Å². The van der Waals surface area contributed by atoms with Crippen LogP contribution in [0.3, 0.4) is 0 Å². The highest BCUT2D eigenvalue weighted by Gasteiger charge is 2.21. The summed E-state index contributed by atoms with van der Waals surface area (Å²) in [5.74, 6) is -1.34. The molecule has 0 atom stereocenters. The lowest BCUT2D eigenvalue weighted by Gasteiger charge is -2.11. The number of hydrogen-bond donors (Lipinski definition) is 2. The van der Waals surface area contributed by atoms with E-state index in [-0.39, 0.29) is 45.4 Å². The lowest BCUT2D eigenvalue weighted by atomic mass is 10.1. The smallest absolute Gasteiger partial charge is 0.313 e. The van der Waals surface area contributed by atoms with Gasteiger partial charge in [0.2, 0.25) is 11.5 Å². The molecule has 0 heterocycles. The highest BCUT2D eigenvalue weighted by Crippen LogP contribution is 2.35. The molecule has 3 aromatic carbocycles. The highest BCUT2D eigenvalue weighted by atomic mass is 16.6. The average molecular weight is 466 g/mol. The van der Waals surface area contributed by atoms with Crippen LogP contribution in [-0.4, -0.2) is 35.9 Å². The third-order valence-corrected chi connectivity index (χ3v) is 4.70. The second-order valence-electron chi connectivity index (χ2n) is 6.72. The van der Waals surface area contributed by atoms with Crippen LogP contribution in [0.2, 0.25) is 0 Å². The molecular weight excluding hydrogens is 448 g/mol. The maximum absolute atomic E-state index is 12.6. The number of hydrogen-bond acceptors (Lipinski definition) is 8. The topological polar surface area (TPSA) is 163 Å². The summed E-state index contributed by atoms with van der Waals surface area (Å²) in [6.07, 6.45) is 0. The number of benzene rings is 3. The Morgan fingerprint density at radius 3 is 1.32 bits per heavy atom. The van der Waals surface area contributed by atoms with Gasteiger partial charge in [0.1, 0.15) is 0 Å². The van der Waals surface area contributed by atoms with Crippen molar-refractivity contribution in [1.29, 1.82) is 0 Å². The quantitative estimate of drug-likeness (QED) is 0.371. The molecule has 0 aromatic heterocycles. The molecule has 0 aliphatic carbocycles. The molecule has 12 heteroatoms. The largest absolute Gasteiger partial charge is 0.489 e. The summed E-state index contributed by atoms with van der Waals surface area (Å²) in [6.45, 7) is 0. The SMILES string of the molecule is COc1c(NC(=O)c2ccc(C(=O)Nc3cccc([N+](=O)[O-])c3OC)cc2)cccc1[N+](=O)[O-]. The molecule has 0 bridgehead atoms. The van der Waals surface area contributed by atoms with Gasteiger partial charge in [-0.05, 0) is 36.4 Å². The van der Waals surface area contributed by atoms with Crippen molar-refractivity contribution in [2.45, 2.75) is 0 Å². The zero-order chi connectivity index (χ0) is 24.8. The van der Waals surface area contributed by atoms with Gasteiger partial charge >= 0.3 is 11.4 Å². The zero-order valence-corrected chi connectivity index (χ0v) is 17.9. The Balaban J connectivity index is 1.77. The van der Waals surface area contributed by atoms with Crippen LogP contribution in [0.15, 0.2) is 60.7 Å². The fourth-order valence-electron chi connectivity index (χ4n) is 3.13. The van der Waals surface area contributed by atoms with Crippen molar-refractivity contribution in [2.24, 2.45) is 0 Å². The first-order valence-electron chi connectivity index (χ1n) is 9.62. The Hall–Kier alpha value is -5.00. The molecule has 0 aliphatic rings. The van der Waals surface area contributed by atoms with E-state index in [0.29, 0.717) is 0 Å². The predicted octanol–water partition coefficient (Wildman–Crippen LogP) is 4.02. The van der Waals surface area contributed by atoms with Gasteiger partial charge in [-0.3, -0.25) is 29.8 Å². The van der Waals surface area contributed by atoms with E-state index < -0.39 is 21.7 Å². The van der Waals surface area contributed by atoms with Crippen LogP contribution in [0.4, 0.5) is 22.7 Å². The Kier molecular flexibility index (Phi) is 7.01. The molecule has 0 saturated heterocycles. The Labute approximate surface area is 192 Å². The van der Waals surface area contributed by atoms with Crippen LogP contribution < -0.4 is 20.1 Å². The monoisotopic (exact) mass is 466 g/mol. The first-order valence-corrected chi connectivity index (χ1v) is 9.62. The lowest BCUT2D eigenvalue weighted by molar-refractivity contribution is -0.385. The molecule has 0 fully saturated rings. The second kappa shape index (κ2) is 10.1. The number of nitro groups is 2. The molecule has 2 amide bonds. The van der Waals surface area contributed by atoms with Crippen molar-refractivity contribution in [2.75, 3.05) is 24.9 Å². The van der Waals surface area contributed by atoms with Gasteiger partial charge in [0.15, 0.2) is 0 Å². The minimum atomic E-state index is -0.627. The normalized spacial score (nSPS) is 10.2. The Morgan fingerprint density at radius 2 is 1.03 bits per heavy atom. The number of nitro benzene ring substituents is 2. The lowest BCUT2D eigenvalue weighted by Crippen LogP contribution is -2.15. The third-order valence-electron chi connectivity index (χ3n) is 4.70. The summed E-state index contributed by atoms with van der Waals surface area (Å²) >= 11 is 0. The number of anilines is 2. The van der Waals surface area contributed by atoms with Gasteiger partial charge in [0, 0.05) is 23.3 Å². The van der Waals surface area contributed by atoms with Gasteiger partial charge in [0.25, 0.3) is 11.8 Å². The molecule has 3 aromatic rings. The minimum Gasteiger partial charge on any atom is -0.489 e. The Bertz CT molecular complexity index is 1180. The van der Waals surface area contributed by atoms with Crippen LogP contribution in [0, 0.1) is 20.2 Å². The van der Waals surface area contributed by atoms with Crippen molar-refractivity contribution in [1.82, 2.24) is 0 Å². The van der Waals surface area contributed by atoms with E-state index in [1.807, 2.05) is 0 Å². The van der Waals surface area contributed by atoms with Crippen molar-refractivity contribution in [3.8, 4) is 11.5 Å². The molecule has 0 unspecified atom stereocenters. The fraction of sp³-hybridized carbons (Fsp3) is 0.0909. The number of carbonyl (C=O) groups is 2. The number of para-hydroxylation sites is 2. The van der Waals surface area contributed by atoms with Crippen LogP contribution in [0.5, 0.6) is 11.5 Å². The number of nitrogens with zero attached hydrogens (tertiary/aromatic N) is 2. The van der Waals surface area contributed by atoms with Crippen LogP contribution >= 0.6 is 0 Å². The molecule has 174 valence electrons. The van der Waals surface area contributed by atoms with Crippen LogP contribution in [0.25, 0.3) is 0 Å². The van der Waals surface area contributed by atoms with E-state index in [1.165, 1.54) is 74.9 Å². The van der Waals surface area contributed by atoms with Crippen molar-refractivity contribution in [3.63, 3.8) is 0 Å². The second-order valence-corrected chi connectivity index (χ2v) is 6.72. The molecular formula is C22H18N4O8. The van der Waals surface area contributed by atoms with Crippen LogP contribution in [-0.2, 0) is 0 Å². The van der Waals surface area contributed by atoms with E-state index in [2.05, 4.69) is 10.6 Å². The van der Waals surface area contributed by atoms with Gasteiger partial charge in [0.05, 0.1) is 35.4 Å². The summed E-state index contributed by atoms with van der Waals surface area (Å²) in [7, 11) is 2.50. The number of carbonyl (C=O) groups excluding carboxylic acids is 2. The van der Waals surface area contributed by atoms with E-state index in [4.69, 9.17) is 9.47 Å². The highest BCUT2D eigenvalue weighted by molar-refractivity contribution is 6.08. The van der Waals surface area contributed by atoms with Gasteiger partial charge in [-0.15, -0.1) is 0 Å². The average Bonchev–Trinajstić information content (AvgIpc) is 2.83. The maximum Gasteiger partial charge on any atom is 0.313 e. The van der Waals surface area contributed by atoms with Crippen LogP contribution in [0.1, 0.15) is 20.7 Å². The fourth-order valence-corrected chi connectivity index (χ4v) is 3.13. The molecule has 0 saturated carbocycles. The molecule has 0 radical (unpaired) electrons. The standard InChI is InChI=1S/C22H18N4O8/c1-33-19-15(5-3-7-17(19)25(29)30)23-21(27)13-9-11-14(12-10-13)22(28)24-16-6-4-8-18(26(31)32)20(16)34-2/h3-12H,1-2H3,(H,23,27)(H,24,28). The summed E-state index contributed by atoms with van der Waals surface area (Å²) < 4.78 is 10.1. The first kappa shape index (κ1) is 23.7. The van der Waals surface area contributed by atoms with Gasteiger partial charge < -0.3 is 20.1 Å². The summed E-state index contributed by atoms with van der Waals surface area (Å²) in [5, 5.41) is 27.4. The number of ether oxygens (including phenoxy) is 2. The molecule has 2 N–H and O–H groups in total. The summed E-state index contributed by atoms with van der Waals surface area (Å²) in [6, 6.07) is 13.8. The summed E-state index contributed by atoms with van der Waals surface area (Å²) in [5.41, 5.74) is -0.0218. The molecule has 0 aliphatic heterocycles. The number of nitrogens with one attached hydrogen (secondary N) is 2. The molecule has 34 heavy (non-hydrogen) atoms. The third kappa shape index (κ3) is 4.91. The van der Waals surface area contributed by atoms with Gasteiger partial charge in [-0.1, -0.05) is 12.1 Å². The number of amides is 2. The van der Waals surface area contributed by atoms with Crippen molar-refractivity contribution in [3.05, 3.63) is 92.0 Å². The number of methoxy groups -OCH3 is 2. The zero-order valence-electron chi connectivity index (χ0n) is 17.9.